The number of aliphatic hydroxyl groups excluding tert-OH is 1. The number of ether oxygens (including phenoxy) is 2. The average Bonchev–Trinajstić information content (AvgIpc) is 3.16. The molecule has 0 bridgehead atoms. The molecule has 1 heterocycles. The van der Waals surface area contributed by atoms with Crippen LogP contribution in [0, 0.1) is 5.92 Å². The Morgan fingerprint density at radius 1 is 1.20 bits per heavy atom. The van der Waals surface area contributed by atoms with Gasteiger partial charge in [-0.15, -0.1) is 0 Å². The van der Waals surface area contributed by atoms with Crippen LogP contribution in [-0.2, 0) is 14.3 Å². The summed E-state index contributed by atoms with van der Waals surface area (Å²) in [5.74, 6) is -0.728. The van der Waals surface area contributed by atoms with Crippen LogP contribution in [0.15, 0.2) is 30.3 Å². The Labute approximate surface area is 179 Å². The summed E-state index contributed by atoms with van der Waals surface area (Å²) in [5.41, 5.74) is 0.159. The first kappa shape index (κ1) is 24.2. The Bertz CT molecular complexity index is 703. The monoisotopic (exact) mass is 420 g/mol. The number of hydrogen-bond acceptors (Lipinski definition) is 5. The normalized spacial score (nSPS) is 20.9. The lowest BCUT2D eigenvalue weighted by molar-refractivity contribution is -0.132. The lowest BCUT2D eigenvalue weighted by Crippen LogP contribution is -2.51. The molecule has 1 saturated heterocycles. The molecule has 0 saturated carbocycles. The smallest absolute Gasteiger partial charge is 0.410 e. The third-order valence-electron chi connectivity index (χ3n) is 5.47. The molecule has 5 atom stereocenters. The Kier molecular flexibility index (Phi) is 8.26. The van der Waals surface area contributed by atoms with Gasteiger partial charge in [-0.2, -0.15) is 0 Å². The van der Waals surface area contributed by atoms with Gasteiger partial charge in [-0.05, 0) is 46.1 Å². The van der Waals surface area contributed by atoms with Gasteiger partial charge in [-0.1, -0.05) is 37.3 Å². The summed E-state index contributed by atoms with van der Waals surface area (Å²) < 4.78 is 11.2. The molecule has 168 valence electrons. The van der Waals surface area contributed by atoms with E-state index in [1.807, 2.05) is 51.1 Å². The van der Waals surface area contributed by atoms with Crippen molar-refractivity contribution < 1.29 is 24.2 Å². The number of aliphatic hydroxyl groups is 1. The molecule has 1 aromatic carbocycles. The molecule has 1 aromatic rings. The molecule has 1 aliphatic rings. The SMILES string of the molecule is CO[C@@H]([C@@H](C)C(=O)N[C@H](C)[C@@H](O)c1ccccc1)[C@@H]1CCCN1C(=O)OC(C)(C)C. The van der Waals surface area contributed by atoms with Crippen LogP contribution in [0.1, 0.15) is 59.1 Å². The molecular weight excluding hydrogens is 384 g/mol. The number of amides is 2. The van der Waals surface area contributed by atoms with Gasteiger partial charge in [0.2, 0.25) is 5.91 Å². The van der Waals surface area contributed by atoms with Crippen molar-refractivity contribution in [2.45, 2.75) is 77.4 Å². The maximum absolute atomic E-state index is 12.9. The Balaban J connectivity index is 2.04. The van der Waals surface area contributed by atoms with Crippen molar-refractivity contribution in [1.82, 2.24) is 10.2 Å². The van der Waals surface area contributed by atoms with Gasteiger partial charge in [0.1, 0.15) is 5.60 Å². The predicted octanol–water partition coefficient (Wildman–Crippen LogP) is 3.28. The van der Waals surface area contributed by atoms with Gasteiger partial charge in [-0.3, -0.25) is 4.79 Å². The van der Waals surface area contributed by atoms with E-state index in [1.165, 1.54) is 0 Å². The minimum absolute atomic E-state index is 0.222. The summed E-state index contributed by atoms with van der Waals surface area (Å²) in [6, 6.07) is 8.52. The number of benzene rings is 1. The first-order chi connectivity index (χ1) is 14.0. The van der Waals surface area contributed by atoms with Gasteiger partial charge in [-0.25, -0.2) is 4.79 Å². The summed E-state index contributed by atoms with van der Waals surface area (Å²) in [5, 5.41) is 13.4. The molecule has 0 radical (unpaired) electrons. The molecule has 7 nitrogen and oxygen atoms in total. The summed E-state index contributed by atoms with van der Waals surface area (Å²) in [7, 11) is 1.56. The van der Waals surface area contributed by atoms with Crippen LogP contribution in [0.25, 0.3) is 0 Å². The zero-order chi connectivity index (χ0) is 22.5. The van der Waals surface area contributed by atoms with E-state index < -0.39 is 29.8 Å². The lowest BCUT2D eigenvalue weighted by atomic mass is 9.94. The van der Waals surface area contributed by atoms with Gasteiger partial charge in [0.15, 0.2) is 0 Å². The van der Waals surface area contributed by atoms with Crippen LogP contribution in [0.3, 0.4) is 0 Å². The Morgan fingerprint density at radius 3 is 2.40 bits per heavy atom. The van der Waals surface area contributed by atoms with Crippen LogP contribution in [0.2, 0.25) is 0 Å². The van der Waals surface area contributed by atoms with Gasteiger partial charge < -0.3 is 24.8 Å². The van der Waals surface area contributed by atoms with E-state index in [2.05, 4.69) is 5.32 Å². The number of methoxy groups -OCH3 is 1. The second kappa shape index (κ2) is 10.3. The van der Waals surface area contributed by atoms with Crippen molar-refractivity contribution >= 4 is 12.0 Å². The standard InChI is InChI=1S/C23H36N2O5/c1-15(21(27)24-16(2)19(26)17-11-8-7-9-12-17)20(29-6)18-13-10-14-25(18)22(28)30-23(3,4)5/h7-9,11-12,15-16,18-20,26H,10,13-14H2,1-6H3,(H,24,27)/t15-,16-,18+,19-,20+/m1/s1. The molecule has 30 heavy (non-hydrogen) atoms. The quantitative estimate of drug-likeness (QED) is 0.707. The van der Waals surface area contributed by atoms with Gasteiger partial charge >= 0.3 is 6.09 Å². The predicted molar refractivity (Wildman–Crippen MR) is 115 cm³/mol. The number of rotatable bonds is 7. The van der Waals surface area contributed by atoms with Crippen molar-refractivity contribution in [3.63, 3.8) is 0 Å². The van der Waals surface area contributed by atoms with E-state index in [4.69, 9.17) is 9.47 Å². The number of carbonyl (C=O) groups is 2. The van der Waals surface area contributed by atoms with Crippen LogP contribution in [-0.4, -0.2) is 59.5 Å². The second-order valence-corrected chi connectivity index (χ2v) is 9.03. The van der Waals surface area contributed by atoms with Crippen molar-refractivity contribution in [3.8, 4) is 0 Å². The third-order valence-corrected chi connectivity index (χ3v) is 5.47. The third kappa shape index (κ3) is 6.19. The number of nitrogens with zero attached hydrogens (tertiary/aromatic N) is 1. The van der Waals surface area contributed by atoms with Crippen molar-refractivity contribution in [2.75, 3.05) is 13.7 Å². The van der Waals surface area contributed by atoms with Crippen LogP contribution >= 0.6 is 0 Å². The highest BCUT2D eigenvalue weighted by Crippen LogP contribution is 2.28. The van der Waals surface area contributed by atoms with Gasteiger partial charge in [0, 0.05) is 13.7 Å². The maximum Gasteiger partial charge on any atom is 0.410 e. The zero-order valence-electron chi connectivity index (χ0n) is 18.9. The molecule has 1 aliphatic heterocycles. The minimum atomic E-state index is -0.812. The number of likely N-dealkylation sites (tertiary alicyclic amines) is 1. The molecule has 0 aromatic heterocycles. The molecule has 1 fully saturated rings. The molecule has 0 aliphatic carbocycles. The van der Waals surface area contributed by atoms with Gasteiger partial charge in [0.25, 0.3) is 0 Å². The summed E-state index contributed by atoms with van der Waals surface area (Å²) in [4.78, 5) is 27.2. The average molecular weight is 421 g/mol. The molecule has 0 unspecified atom stereocenters. The van der Waals surface area contributed by atoms with E-state index in [0.29, 0.717) is 6.54 Å². The van der Waals surface area contributed by atoms with E-state index in [9.17, 15) is 14.7 Å². The Hall–Kier alpha value is -2.12. The fourth-order valence-corrected chi connectivity index (χ4v) is 3.90. The second-order valence-electron chi connectivity index (χ2n) is 9.03. The first-order valence-electron chi connectivity index (χ1n) is 10.6. The lowest BCUT2D eigenvalue weighted by Gasteiger charge is -2.35. The first-order valence-corrected chi connectivity index (χ1v) is 10.6. The van der Waals surface area contributed by atoms with E-state index >= 15 is 0 Å². The summed E-state index contributed by atoms with van der Waals surface area (Å²) in [6.07, 6.45) is -0.0830. The maximum atomic E-state index is 12.9. The number of carbonyl (C=O) groups excluding carboxylic acids is 2. The van der Waals surface area contributed by atoms with Crippen LogP contribution in [0.4, 0.5) is 4.79 Å². The zero-order valence-corrected chi connectivity index (χ0v) is 18.9. The highest BCUT2D eigenvalue weighted by molar-refractivity contribution is 5.79. The molecule has 2 rings (SSSR count). The van der Waals surface area contributed by atoms with Gasteiger partial charge in [0.05, 0.1) is 30.2 Å². The molecule has 2 N–H and O–H groups in total. The molecule has 2 amide bonds. The molecular formula is C23H36N2O5. The van der Waals surface area contributed by atoms with Crippen LogP contribution in [0.5, 0.6) is 0 Å². The summed E-state index contributed by atoms with van der Waals surface area (Å²) in [6.45, 7) is 9.64. The largest absolute Gasteiger partial charge is 0.444 e. The van der Waals surface area contributed by atoms with Crippen molar-refractivity contribution in [2.24, 2.45) is 5.92 Å². The fourth-order valence-electron chi connectivity index (χ4n) is 3.90. The van der Waals surface area contributed by atoms with E-state index in [1.54, 1.807) is 25.9 Å². The fraction of sp³-hybridized carbons (Fsp3) is 0.652. The van der Waals surface area contributed by atoms with E-state index in [-0.39, 0.29) is 18.0 Å². The van der Waals surface area contributed by atoms with E-state index in [0.717, 1.165) is 18.4 Å². The Morgan fingerprint density at radius 2 is 1.83 bits per heavy atom. The summed E-state index contributed by atoms with van der Waals surface area (Å²) >= 11 is 0. The molecule has 7 heteroatoms. The minimum Gasteiger partial charge on any atom is -0.444 e. The highest BCUT2D eigenvalue weighted by Gasteiger charge is 2.41. The molecule has 0 spiro atoms. The van der Waals surface area contributed by atoms with Crippen molar-refractivity contribution in [3.05, 3.63) is 35.9 Å². The van der Waals surface area contributed by atoms with Crippen molar-refractivity contribution in [1.29, 1.82) is 0 Å². The number of nitrogens with one attached hydrogen (secondary N) is 1. The topological polar surface area (TPSA) is 88.1 Å². The van der Waals surface area contributed by atoms with Crippen LogP contribution < -0.4 is 5.32 Å². The number of hydrogen-bond donors (Lipinski definition) is 2. The highest BCUT2D eigenvalue weighted by atomic mass is 16.6.